The fourth-order valence-corrected chi connectivity index (χ4v) is 2.29. The molecule has 6 heteroatoms. The van der Waals surface area contributed by atoms with Crippen LogP contribution < -0.4 is 8.92 Å². The van der Waals surface area contributed by atoms with Gasteiger partial charge in [0.15, 0.2) is 0 Å². The molecule has 0 N–H and O–H groups in total. The summed E-state index contributed by atoms with van der Waals surface area (Å²) in [6.07, 6.45) is 1.67. The lowest BCUT2D eigenvalue weighted by atomic mass is 10.1. The molecule has 0 aliphatic rings. The van der Waals surface area contributed by atoms with Gasteiger partial charge < -0.3 is 8.92 Å². The van der Waals surface area contributed by atoms with Crippen LogP contribution in [0, 0.1) is 11.3 Å². The lowest BCUT2D eigenvalue weighted by Crippen LogP contribution is -2.06. The van der Waals surface area contributed by atoms with Gasteiger partial charge in [0, 0.05) is 6.42 Å². The topological polar surface area (TPSA) is 76.4 Å². The van der Waals surface area contributed by atoms with Crippen LogP contribution in [0.15, 0.2) is 48.5 Å². The minimum atomic E-state index is -3.50. The third-order valence-electron chi connectivity index (χ3n) is 2.79. The summed E-state index contributed by atoms with van der Waals surface area (Å²) in [4.78, 5) is 0. The zero-order chi connectivity index (χ0) is 16.0. The number of hydrogen-bond acceptors (Lipinski definition) is 5. The number of nitrogens with zero attached hydrogens (tertiary/aromatic N) is 1. The first kappa shape index (κ1) is 15.9. The summed E-state index contributed by atoms with van der Waals surface area (Å²) in [6, 6.07) is 15.8. The molecule has 0 spiro atoms. The molecule has 0 bridgehead atoms. The fraction of sp³-hybridized carbons (Fsp3) is 0.188. The molecule has 0 atom stereocenters. The quantitative estimate of drug-likeness (QED) is 0.765. The zero-order valence-electron chi connectivity index (χ0n) is 12.0. The first-order valence-electron chi connectivity index (χ1n) is 6.58. The molecule has 22 heavy (non-hydrogen) atoms. The Balaban J connectivity index is 1.88. The summed E-state index contributed by atoms with van der Waals surface area (Å²) in [5.41, 5.74) is 1.55. The summed E-state index contributed by atoms with van der Waals surface area (Å²) < 4.78 is 32.4. The van der Waals surface area contributed by atoms with Crippen molar-refractivity contribution in [2.45, 2.75) is 6.42 Å². The van der Waals surface area contributed by atoms with Gasteiger partial charge in [-0.15, -0.1) is 0 Å². The number of benzene rings is 2. The second-order valence-electron chi connectivity index (χ2n) is 4.67. The lowest BCUT2D eigenvalue weighted by molar-refractivity contribution is 0.322. The Bertz CT molecular complexity index is 777. The van der Waals surface area contributed by atoms with E-state index >= 15 is 0 Å². The SMILES string of the molecule is CS(=O)(=O)Oc1ccc(CCOc2cccc(C#N)c2)cc1. The molecule has 5 nitrogen and oxygen atoms in total. The zero-order valence-corrected chi connectivity index (χ0v) is 12.8. The summed E-state index contributed by atoms with van der Waals surface area (Å²) in [6.45, 7) is 0.459. The van der Waals surface area contributed by atoms with Crippen molar-refractivity contribution in [3.05, 3.63) is 59.7 Å². The van der Waals surface area contributed by atoms with Crippen LogP contribution in [0.25, 0.3) is 0 Å². The normalized spacial score (nSPS) is 10.7. The second kappa shape index (κ2) is 6.96. The standard InChI is InChI=1S/C16H15NO4S/c1-22(18,19)21-15-7-5-13(6-8-15)9-10-20-16-4-2-3-14(11-16)12-17/h2-8,11H,9-10H2,1H3. The van der Waals surface area contributed by atoms with Crippen LogP contribution in [0.1, 0.15) is 11.1 Å². The highest BCUT2D eigenvalue weighted by molar-refractivity contribution is 7.86. The van der Waals surface area contributed by atoms with Gasteiger partial charge in [-0.2, -0.15) is 13.7 Å². The highest BCUT2D eigenvalue weighted by atomic mass is 32.2. The average Bonchev–Trinajstić information content (AvgIpc) is 2.48. The van der Waals surface area contributed by atoms with Gasteiger partial charge in [-0.25, -0.2) is 0 Å². The Morgan fingerprint density at radius 3 is 2.45 bits per heavy atom. The second-order valence-corrected chi connectivity index (χ2v) is 6.24. The van der Waals surface area contributed by atoms with E-state index in [2.05, 4.69) is 6.07 Å². The van der Waals surface area contributed by atoms with E-state index in [1.54, 1.807) is 48.5 Å². The molecule has 0 unspecified atom stereocenters. The number of nitriles is 1. The summed E-state index contributed by atoms with van der Waals surface area (Å²) in [5, 5.41) is 8.81. The number of rotatable bonds is 6. The van der Waals surface area contributed by atoms with Gasteiger partial charge in [0.1, 0.15) is 11.5 Å². The molecular weight excluding hydrogens is 302 g/mol. The van der Waals surface area contributed by atoms with Crippen molar-refractivity contribution in [2.75, 3.05) is 12.9 Å². The fourth-order valence-electron chi connectivity index (χ4n) is 1.83. The minimum absolute atomic E-state index is 0.286. The summed E-state index contributed by atoms with van der Waals surface area (Å²) in [7, 11) is -3.50. The molecule has 0 aliphatic carbocycles. The predicted octanol–water partition coefficient (Wildman–Crippen LogP) is 2.52. The van der Waals surface area contributed by atoms with E-state index in [9.17, 15) is 8.42 Å². The van der Waals surface area contributed by atoms with Gasteiger partial charge >= 0.3 is 10.1 Å². The first-order valence-corrected chi connectivity index (χ1v) is 8.39. The summed E-state index contributed by atoms with van der Waals surface area (Å²) >= 11 is 0. The summed E-state index contributed by atoms with van der Waals surface area (Å²) in [5.74, 6) is 0.935. The van der Waals surface area contributed by atoms with Gasteiger partial charge in [-0.05, 0) is 35.9 Å². The Hall–Kier alpha value is -2.52. The van der Waals surface area contributed by atoms with Crippen LogP contribution in [0.4, 0.5) is 0 Å². The third kappa shape index (κ3) is 5.11. The molecule has 0 fully saturated rings. The van der Waals surface area contributed by atoms with E-state index in [4.69, 9.17) is 14.2 Å². The maximum Gasteiger partial charge on any atom is 0.306 e. The Morgan fingerprint density at radius 2 is 1.82 bits per heavy atom. The van der Waals surface area contributed by atoms with Crippen LogP contribution in [0.3, 0.4) is 0 Å². The molecule has 2 aromatic rings. The molecule has 2 rings (SSSR count). The van der Waals surface area contributed by atoms with E-state index in [1.165, 1.54) is 0 Å². The van der Waals surface area contributed by atoms with Crippen LogP contribution in [0.5, 0.6) is 11.5 Å². The molecule has 0 heterocycles. The van der Waals surface area contributed by atoms with Crippen LogP contribution in [0.2, 0.25) is 0 Å². The van der Waals surface area contributed by atoms with Crippen molar-refractivity contribution >= 4 is 10.1 Å². The smallest absolute Gasteiger partial charge is 0.306 e. The van der Waals surface area contributed by atoms with E-state index in [1.807, 2.05) is 0 Å². The molecule has 0 amide bonds. The molecule has 0 aliphatic heterocycles. The van der Waals surface area contributed by atoms with Crippen molar-refractivity contribution in [3.63, 3.8) is 0 Å². The molecular formula is C16H15NO4S. The Morgan fingerprint density at radius 1 is 1.09 bits per heavy atom. The Labute approximate surface area is 129 Å². The lowest BCUT2D eigenvalue weighted by Gasteiger charge is -2.07. The highest BCUT2D eigenvalue weighted by Crippen LogP contribution is 2.16. The van der Waals surface area contributed by atoms with Gasteiger partial charge in [0.25, 0.3) is 0 Å². The molecule has 114 valence electrons. The van der Waals surface area contributed by atoms with Gasteiger partial charge in [-0.1, -0.05) is 18.2 Å². The molecule has 0 aromatic heterocycles. The van der Waals surface area contributed by atoms with Crippen molar-refractivity contribution in [3.8, 4) is 17.6 Å². The van der Waals surface area contributed by atoms with Crippen molar-refractivity contribution < 1.29 is 17.3 Å². The molecule has 2 aromatic carbocycles. The number of ether oxygens (including phenoxy) is 1. The average molecular weight is 317 g/mol. The molecule has 0 saturated heterocycles. The third-order valence-corrected chi connectivity index (χ3v) is 3.29. The van der Waals surface area contributed by atoms with Gasteiger partial charge in [0.2, 0.25) is 0 Å². The molecule has 0 radical (unpaired) electrons. The Kier molecular flexibility index (Phi) is 5.02. The highest BCUT2D eigenvalue weighted by Gasteiger charge is 2.04. The van der Waals surface area contributed by atoms with Crippen LogP contribution in [-0.4, -0.2) is 21.3 Å². The predicted molar refractivity (Wildman–Crippen MR) is 82.3 cm³/mol. The van der Waals surface area contributed by atoms with Gasteiger partial charge in [-0.3, -0.25) is 0 Å². The van der Waals surface area contributed by atoms with E-state index in [0.717, 1.165) is 11.8 Å². The molecule has 0 saturated carbocycles. The van der Waals surface area contributed by atoms with E-state index < -0.39 is 10.1 Å². The maximum atomic E-state index is 11.0. The largest absolute Gasteiger partial charge is 0.493 e. The maximum absolute atomic E-state index is 11.0. The van der Waals surface area contributed by atoms with Crippen LogP contribution >= 0.6 is 0 Å². The first-order chi connectivity index (χ1) is 10.5. The van der Waals surface area contributed by atoms with E-state index in [-0.39, 0.29) is 5.75 Å². The van der Waals surface area contributed by atoms with Crippen molar-refractivity contribution in [1.29, 1.82) is 5.26 Å². The van der Waals surface area contributed by atoms with E-state index in [0.29, 0.717) is 24.3 Å². The van der Waals surface area contributed by atoms with Crippen molar-refractivity contribution in [1.82, 2.24) is 0 Å². The van der Waals surface area contributed by atoms with Crippen molar-refractivity contribution in [2.24, 2.45) is 0 Å². The monoisotopic (exact) mass is 317 g/mol. The minimum Gasteiger partial charge on any atom is -0.493 e. The van der Waals surface area contributed by atoms with Gasteiger partial charge in [0.05, 0.1) is 24.5 Å². The number of hydrogen-bond donors (Lipinski definition) is 0. The van der Waals surface area contributed by atoms with Crippen LogP contribution in [-0.2, 0) is 16.5 Å².